The first kappa shape index (κ1) is 16.0. The smallest absolute Gasteiger partial charge is 0.259 e. The van der Waals surface area contributed by atoms with E-state index >= 15 is 0 Å². The van der Waals surface area contributed by atoms with Crippen LogP contribution >= 0.6 is 0 Å². The molecule has 4 heteroatoms. The van der Waals surface area contributed by atoms with Gasteiger partial charge in [-0.2, -0.15) is 0 Å². The van der Waals surface area contributed by atoms with Gasteiger partial charge in [-0.3, -0.25) is 9.78 Å². The van der Waals surface area contributed by atoms with E-state index in [0.717, 1.165) is 17.9 Å². The lowest BCUT2D eigenvalue weighted by Crippen LogP contribution is -2.30. The molecule has 116 valence electrons. The molecular formula is C18H23N3O. The SMILES string of the molecule is CCN(C(=O)c1cncc(NCC(C)C)c1)c1ccccc1. The second-order valence-corrected chi connectivity index (χ2v) is 5.62. The van der Waals surface area contributed by atoms with Gasteiger partial charge in [0.25, 0.3) is 5.91 Å². The van der Waals surface area contributed by atoms with Crippen LogP contribution in [0.15, 0.2) is 48.8 Å². The van der Waals surface area contributed by atoms with Crippen LogP contribution in [-0.4, -0.2) is 24.0 Å². The molecule has 1 aromatic carbocycles. The van der Waals surface area contributed by atoms with Gasteiger partial charge in [-0.15, -0.1) is 0 Å². The lowest BCUT2D eigenvalue weighted by Gasteiger charge is -2.21. The van der Waals surface area contributed by atoms with E-state index in [2.05, 4.69) is 24.1 Å². The molecule has 1 amide bonds. The minimum absolute atomic E-state index is 0.0330. The summed E-state index contributed by atoms with van der Waals surface area (Å²) in [5.74, 6) is 0.505. The normalized spacial score (nSPS) is 10.5. The Hall–Kier alpha value is -2.36. The van der Waals surface area contributed by atoms with Crippen LogP contribution in [0.1, 0.15) is 31.1 Å². The molecule has 0 atom stereocenters. The predicted octanol–water partition coefficient (Wildman–Crippen LogP) is 3.82. The lowest BCUT2D eigenvalue weighted by atomic mass is 10.2. The van der Waals surface area contributed by atoms with Gasteiger partial charge in [-0.1, -0.05) is 32.0 Å². The first-order valence-electron chi connectivity index (χ1n) is 7.67. The Morgan fingerprint density at radius 3 is 2.59 bits per heavy atom. The van der Waals surface area contributed by atoms with Crippen molar-refractivity contribution in [2.45, 2.75) is 20.8 Å². The third-order valence-corrected chi connectivity index (χ3v) is 3.33. The molecule has 1 heterocycles. The number of hydrogen-bond acceptors (Lipinski definition) is 3. The van der Waals surface area contributed by atoms with E-state index in [9.17, 15) is 4.79 Å². The third kappa shape index (κ3) is 4.07. The summed E-state index contributed by atoms with van der Waals surface area (Å²) in [5.41, 5.74) is 2.37. The van der Waals surface area contributed by atoms with Gasteiger partial charge in [0.05, 0.1) is 11.3 Å². The standard InChI is InChI=1S/C18H23N3O/c1-4-21(17-8-6-5-7-9-17)18(22)15-10-16(13-19-12-15)20-11-14(2)3/h5-10,12-14,20H,4,11H2,1-3H3. The van der Waals surface area contributed by atoms with Gasteiger partial charge >= 0.3 is 0 Å². The third-order valence-electron chi connectivity index (χ3n) is 3.33. The van der Waals surface area contributed by atoms with Crippen molar-refractivity contribution in [3.8, 4) is 0 Å². The van der Waals surface area contributed by atoms with Gasteiger partial charge in [-0.05, 0) is 31.0 Å². The van der Waals surface area contributed by atoms with Crippen molar-refractivity contribution in [1.82, 2.24) is 4.98 Å². The molecule has 0 fully saturated rings. The van der Waals surface area contributed by atoms with Crippen molar-refractivity contribution in [1.29, 1.82) is 0 Å². The first-order chi connectivity index (χ1) is 10.6. The molecule has 0 unspecified atom stereocenters. The van der Waals surface area contributed by atoms with Crippen LogP contribution in [-0.2, 0) is 0 Å². The number of hydrogen-bond donors (Lipinski definition) is 1. The van der Waals surface area contributed by atoms with E-state index in [4.69, 9.17) is 0 Å². The highest BCUT2D eigenvalue weighted by molar-refractivity contribution is 6.06. The van der Waals surface area contributed by atoms with Crippen LogP contribution in [0.4, 0.5) is 11.4 Å². The molecule has 0 bridgehead atoms. The molecule has 0 aliphatic rings. The highest BCUT2D eigenvalue weighted by Crippen LogP contribution is 2.18. The molecule has 2 rings (SSSR count). The van der Waals surface area contributed by atoms with Crippen molar-refractivity contribution >= 4 is 17.3 Å². The molecule has 0 radical (unpaired) electrons. The molecule has 0 aliphatic heterocycles. The molecule has 22 heavy (non-hydrogen) atoms. The summed E-state index contributed by atoms with van der Waals surface area (Å²) < 4.78 is 0. The van der Waals surface area contributed by atoms with Crippen LogP contribution in [0, 0.1) is 5.92 Å². The Morgan fingerprint density at radius 2 is 1.95 bits per heavy atom. The monoisotopic (exact) mass is 297 g/mol. The Morgan fingerprint density at radius 1 is 1.23 bits per heavy atom. The van der Waals surface area contributed by atoms with E-state index in [-0.39, 0.29) is 5.91 Å². The Bertz CT molecular complexity index is 611. The quantitative estimate of drug-likeness (QED) is 0.881. The van der Waals surface area contributed by atoms with Crippen LogP contribution in [0.3, 0.4) is 0 Å². The number of benzene rings is 1. The van der Waals surface area contributed by atoms with Crippen LogP contribution < -0.4 is 10.2 Å². The number of amides is 1. The highest BCUT2D eigenvalue weighted by atomic mass is 16.2. The fraction of sp³-hybridized carbons (Fsp3) is 0.333. The Balaban J connectivity index is 2.19. The Kier molecular flexibility index (Phi) is 5.53. The van der Waals surface area contributed by atoms with E-state index < -0.39 is 0 Å². The van der Waals surface area contributed by atoms with Crippen molar-refractivity contribution < 1.29 is 4.79 Å². The van der Waals surface area contributed by atoms with E-state index in [1.165, 1.54) is 0 Å². The van der Waals surface area contributed by atoms with Crippen LogP contribution in [0.5, 0.6) is 0 Å². The van der Waals surface area contributed by atoms with Gasteiger partial charge in [0.1, 0.15) is 0 Å². The maximum atomic E-state index is 12.7. The summed E-state index contributed by atoms with van der Waals surface area (Å²) in [4.78, 5) is 18.7. The molecule has 1 aromatic heterocycles. The maximum absolute atomic E-state index is 12.7. The summed E-state index contributed by atoms with van der Waals surface area (Å²) in [5, 5.41) is 3.30. The molecule has 1 N–H and O–H groups in total. The van der Waals surface area contributed by atoms with Crippen molar-refractivity contribution in [3.63, 3.8) is 0 Å². The number of carbonyl (C=O) groups excluding carboxylic acids is 1. The second-order valence-electron chi connectivity index (χ2n) is 5.62. The zero-order chi connectivity index (χ0) is 15.9. The number of rotatable bonds is 6. The number of aromatic nitrogens is 1. The molecule has 0 spiro atoms. The molecule has 0 saturated carbocycles. The zero-order valence-corrected chi connectivity index (χ0v) is 13.4. The topological polar surface area (TPSA) is 45.2 Å². The summed E-state index contributed by atoms with van der Waals surface area (Å²) in [6.45, 7) is 7.73. The summed E-state index contributed by atoms with van der Waals surface area (Å²) in [6, 6.07) is 11.6. The number of anilines is 2. The molecule has 2 aromatic rings. The number of pyridine rings is 1. The molecule has 4 nitrogen and oxygen atoms in total. The zero-order valence-electron chi connectivity index (χ0n) is 13.4. The van der Waals surface area contributed by atoms with Crippen molar-refractivity contribution in [2.24, 2.45) is 5.92 Å². The summed E-state index contributed by atoms with van der Waals surface area (Å²) in [6.07, 6.45) is 3.37. The minimum Gasteiger partial charge on any atom is -0.384 e. The fourth-order valence-electron chi connectivity index (χ4n) is 2.18. The van der Waals surface area contributed by atoms with E-state index in [0.29, 0.717) is 18.0 Å². The lowest BCUT2D eigenvalue weighted by molar-refractivity contribution is 0.0988. The van der Waals surface area contributed by atoms with Gasteiger partial charge in [0, 0.05) is 31.2 Å². The highest BCUT2D eigenvalue weighted by Gasteiger charge is 2.16. The average Bonchev–Trinajstić information content (AvgIpc) is 2.55. The van der Waals surface area contributed by atoms with Crippen molar-refractivity contribution in [2.75, 3.05) is 23.3 Å². The van der Waals surface area contributed by atoms with Crippen LogP contribution in [0.2, 0.25) is 0 Å². The van der Waals surface area contributed by atoms with E-state index in [1.54, 1.807) is 17.3 Å². The Labute approximate surface area is 132 Å². The van der Waals surface area contributed by atoms with E-state index in [1.807, 2.05) is 43.3 Å². The average molecular weight is 297 g/mol. The van der Waals surface area contributed by atoms with Crippen LogP contribution in [0.25, 0.3) is 0 Å². The fourth-order valence-corrected chi connectivity index (χ4v) is 2.18. The summed E-state index contributed by atoms with van der Waals surface area (Å²) in [7, 11) is 0. The van der Waals surface area contributed by atoms with Gasteiger partial charge in [0.15, 0.2) is 0 Å². The van der Waals surface area contributed by atoms with Crippen molar-refractivity contribution in [3.05, 3.63) is 54.4 Å². The van der Waals surface area contributed by atoms with Gasteiger partial charge in [0.2, 0.25) is 0 Å². The number of carbonyl (C=O) groups is 1. The largest absolute Gasteiger partial charge is 0.384 e. The number of para-hydroxylation sites is 1. The summed E-state index contributed by atoms with van der Waals surface area (Å²) >= 11 is 0. The first-order valence-corrected chi connectivity index (χ1v) is 7.67. The van der Waals surface area contributed by atoms with Gasteiger partial charge in [-0.25, -0.2) is 0 Å². The minimum atomic E-state index is -0.0330. The molecule has 0 saturated heterocycles. The maximum Gasteiger partial charge on any atom is 0.259 e. The van der Waals surface area contributed by atoms with Gasteiger partial charge < -0.3 is 10.2 Å². The number of nitrogens with one attached hydrogen (secondary N) is 1. The molecule has 0 aliphatic carbocycles. The molecular weight excluding hydrogens is 274 g/mol. The second kappa shape index (κ2) is 7.59. The predicted molar refractivity (Wildman–Crippen MR) is 91.4 cm³/mol. The number of nitrogens with zero attached hydrogens (tertiary/aromatic N) is 2.